The van der Waals surface area contributed by atoms with Crippen molar-refractivity contribution in [2.75, 3.05) is 20.2 Å². The van der Waals surface area contributed by atoms with E-state index >= 15 is 0 Å². The zero-order valence-corrected chi connectivity index (χ0v) is 11.2. The number of hydrogen-bond donors (Lipinski definition) is 1. The largest absolute Gasteiger partial charge is 0.497 e. The first-order chi connectivity index (χ1) is 9.52. The Morgan fingerprint density at radius 2 is 2.10 bits per heavy atom. The number of nitrogens with zero attached hydrogens (tertiary/aromatic N) is 2. The third kappa shape index (κ3) is 2.88. The third-order valence-electron chi connectivity index (χ3n) is 3.46. The lowest BCUT2D eigenvalue weighted by Crippen LogP contribution is -2.43. The van der Waals surface area contributed by atoms with E-state index in [9.17, 15) is 14.9 Å². The summed E-state index contributed by atoms with van der Waals surface area (Å²) in [7, 11) is 1.45. The van der Waals surface area contributed by atoms with Crippen molar-refractivity contribution in [2.24, 2.45) is 5.73 Å². The van der Waals surface area contributed by atoms with E-state index in [4.69, 9.17) is 10.5 Å². The average Bonchev–Trinajstić information content (AvgIpc) is 2.46. The van der Waals surface area contributed by atoms with Crippen molar-refractivity contribution in [1.29, 1.82) is 0 Å². The first-order valence-corrected chi connectivity index (χ1v) is 6.40. The van der Waals surface area contributed by atoms with Crippen molar-refractivity contribution in [3.8, 4) is 5.75 Å². The summed E-state index contributed by atoms with van der Waals surface area (Å²) >= 11 is 0. The quantitative estimate of drug-likeness (QED) is 0.661. The molecule has 0 atom stereocenters. The molecule has 0 spiro atoms. The summed E-state index contributed by atoms with van der Waals surface area (Å²) in [4.78, 5) is 24.5. The minimum atomic E-state index is -0.553. The lowest BCUT2D eigenvalue weighted by Gasteiger charge is -2.30. The van der Waals surface area contributed by atoms with Crippen LogP contribution in [0.1, 0.15) is 23.2 Å². The Balaban J connectivity index is 2.30. The minimum Gasteiger partial charge on any atom is -0.497 e. The molecule has 0 radical (unpaired) electrons. The topological polar surface area (TPSA) is 98.7 Å². The molecule has 7 nitrogen and oxygen atoms in total. The van der Waals surface area contributed by atoms with Gasteiger partial charge in [0.2, 0.25) is 0 Å². The van der Waals surface area contributed by atoms with E-state index in [2.05, 4.69) is 0 Å². The predicted octanol–water partition coefficient (Wildman–Crippen LogP) is 1.17. The highest BCUT2D eigenvalue weighted by molar-refractivity contribution is 5.98. The molecule has 0 unspecified atom stereocenters. The van der Waals surface area contributed by atoms with Crippen molar-refractivity contribution in [1.82, 2.24) is 4.90 Å². The highest BCUT2D eigenvalue weighted by atomic mass is 16.6. The SMILES string of the molecule is COc1ccc([N+](=O)[O-])c(C(=O)N2CCC(N)CC2)c1. The van der Waals surface area contributed by atoms with E-state index in [-0.39, 0.29) is 23.2 Å². The number of ether oxygens (including phenoxy) is 1. The van der Waals surface area contributed by atoms with E-state index in [1.54, 1.807) is 4.90 Å². The molecule has 1 saturated heterocycles. The number of piperidine rings is 1. The van der Waals surface area contributed by atoms with Gasteiger partial charge in [-0.05, 0) is 25.0 Å². The van der Waals surface area contributed by atoms with Gasteiger partial charge in [0.25, 0.3) is 11.6 Å². The Hall–Kier alpha value is -2.15. The number of amides is 1. The van der Waals surface area contributed by atoms with Crippen LogP contribution in [0, 0.1) is 10.1 Å². The molecule has 1 aromatic carbocycles. The Kier molecular flexibility index (Phi) is 4.19. The number of benzene rings is 1. The van der Waals surface area contributed by atoms with Crippen molar-refractivity contribution in [2.45, 2.75) is 18.9 Å². The van der Waals surface area contributed by atoms with Gasteiger partial charge in [-0.2, -0.15) is 0 Å². The van der Waals surface area contributed by atoms with Gasteiger partial charge in [-0.15, -0.1) is 0 Å². The molecule has 20 heavy (non-hydrogen) atoms. The summed E-state index contributed by atoms with van der Waals surface area (Å²) in [6.07, 6.45) is 1.42. The van der Waals surface area contributed by atoms with Crippen molar-refractivity contribution in [3.05, 3.63) is 33.9 Å². The molecular formula is C13H17N3O4. The van der Waals surface area contributed by atoms with Gasteiger partial charge in [0.05, 0.1) is 12.0 Å². The molecular weight excluding hydrogens is 262 g/mol. The fraction of sp³-hybridized carbons (Fsp3) is 0.462. The minimum absolute atomic E-state index is 0.0600. The summed E-state index contributed by atoms with van der Waals surface area (Å²) in [5.74, 6) is 0.0789. The number of rotatable bonds is 3. The standard InChI is InChI=1S/C13H17N3O4/c1-20-10-2-3-12(16(18)19)11(8-10)13(17)15-6-4-9(14)5-7-15/h2-3,8-9H,4-7,14H2,1H3. The van der Waals surface area contributed by atoms with Crippen LogP contribution in [0.2, 0.25) is 0 Å². The maximum atomic E-state index is 12.4. The number of hydrogen-bond acceptors (Lipinski definition) is 5. The Morgan fingerprint density at radius 3 is 2.65 bits per heavy atom. The molecule has 108 valence electrons. The van der Waals surface area contributed by atoms with Crippen LogP contribution in [0.4, 0.5) is 5.69 Å². The van der Waals surface area contributed by atoms with E-state index in [1.165, 1.54) is 25.3 Å². The number of likely N-dealkylation sites (tertiary alicyclic amines) is 1. The second-order valence-corrected chi connectivity index (χ2v) is 4.77. The number of carbonyl (C=O) groups excluding carboxylic acids is 1. The predicted molar refractivity (Wildman–Crippen MR) is 72.8 cm³/mol. The van der Waals surface area contributed by atoms with Crippen LogP contribution >= 0.6 is 0 Å². The second kappa shape index (κ2) is 5.87. The third-order valence-corrected chi connectivity index (χ3v) is 3.46. The van der Waals surface area contributed by atoms with E-state index < -0.39 is 4.92 Å². The van der Waals surface area contributed by atoms with Crippen molar-refractivity contribution < 1.29 is 14.5 Å². The summed E-state index contributed by atoms with van der Waals surface area (Å²) < 4.78 is 5.03. The lowest BCUT2D eigenvalue weighted by atomic mass is 10.0. The molecule has 0 aromatic heterocycles. The van der Waals surface area contributed by atoms with E-state index in [0.29, 0.717) is 31.7 Å². The van der Waals surface area contributed by atoms with Crippen molar-refractivity contribution in [3.63, 3.8) is 0 Å². The first kappa shape index (κ1) is 14.3. The Labute approximate surface area is 116 Å². The highest BCUT2D eigenvalue weighted by Crippen LogP contribution is 2.26. The zero-order valence-electron chi connectivity index (χ0n) is 11.2. The Morgan fingerprint density at radius 1 is 1.45 bits per heavy atom. The monoisotopic (exact) mass is 279 g/mol. The highest BCUT2D eigenvalue weighted by Gasteiger charge is 2.27. The van der Waals surface area contributed by atoms with Crippen LogP contribution in [0.15, 0.2) is 18.2 Å². The van der Waals surface area contributed by atoms with Gasteiger partial charge in [0, 0.05) is 25.2 Å². The number of nitro benzene ring substituents is 1. The molecule has 7 heteroatoms. The van der Waals surface area contributed by atoms with Crippen LogP contribution in [-0.4, -0.2) is 42.0 Å². The van der Waals surface area contributed by atoms with E-state index in [0.717, 1.165) is 0 Å². The fourth-order valence-electron chi connectivity index (χ4n) is 2.25. The zero-order chi connectivity index (χ0) is 14.7. The number of nitrogens with two attached hydrogens (primary N) is 1. The molecule has 2 N–H and O–H groups in total. The van der Waals surface area contributed by atoms with Gasteiger partial charge in [-0.3, -0.25) is 14.9 Å². The van der Waals surface area contributed by atoms with Crippen LogP contribution in [0.5, 0.6) is 5.75 Å². The number of methoxy groups -OCH3 is 1. The maximum absolute atomic E-state index is 12.4. The number of carbonyl (C=O) groups is 1. The molecule has 0 aliphatic carbocycles. The first-order valence-electron chi connectivity index (χ1n) is 6.40. The maximum Gasteiger partial charge on any atom is 0.282 e. The van der Waals surface area contributed by atoms with Gasteiger partial charge >= 0.3 is 0 Å². The van der Waals surface area contributed by atoms with E-state index in [1.807, 2.05) is 0 Å². The lowest BCUT2D eigenvalue weighted by molar-refractivity contribution is -0.385. The van der Waals surface area contributed by atoms with Crippen LogP contribution < -0.4 is 10.5 Å². The molecule has 1 heterocycles. The van der Waals surface area contributed by atoms with Crippen LogP contribution in [0.3, 0.4) is 0 Å². The fourth-order valence-corrected chi connectivity index (χ4v) is 2.25. The molecule has 1 aliphatic heterocycles. The van der Waals surface area contributed by atoms with Crippen LogP contribution in [0.25, 0.3) is 0 Å². The normalized spacial score (nSPS) is 16.0. The van der Waals surface area contributed by atoms with Gasteiger partial charge in [-0.1, -0.05) is 0 Å². The smallest absolute Gasteiger partial charge is 0.282 e. The molecule has 1 aliphatic rings. The molecule has 1 aromatic rings. The molecule has 0 saturated carbocycles. The summed E-state index contributed by atoms with van der Waals surface area (Å²) in [5, 5.41) is 11.0. The Bertz CT molecular complexity index is 524. The number of nitro groups is 1. The molecule has 1 fully saturated rings. The summed E-state index contributed by atoms with van der Waals surface area (Å²) in [5.41, 5.74) is 5.65. The van der Waals surface area contributed by atoms with Gasteiger partial charge < -0.3 is 15.4 Å². The molecule has 0 bridgehead atoms. The van der Waals surface area contributed by atoms with Crippen molar-refractivity contribution >= 4 is 11.6 Å². The van der Waals surface area contributed by atoms with Gasteiger partial charge in [0.1, 0.15) is 11.3 Å². The van der Waals surface area contributed by atoms with Gasteiger partial charge in [0.15, 0.2) is 0 Å². The second-order valence-electron chi connectivity index (χ2n) is 4.77. The summed E-state index contributed by atoms with van der Waals surface area (Å²) in [6.45, 7) is 1.04. The average molecular weight is 279 g/mol. The van der Waals surface area contributed by atoms with Crippen LogP contribution in [-0.2, 0) is 0 Å². The molecule has 2 rings (SSSR count). The van der Waals surface area contributed by atoms with Gasteiger partial charge in [-0.25, -0.2) is 0 Å². The molecule has 1 amide bonds. The summed E-state index contributed by atoms with van der Waals surface area (Å²) in [6, 6.07) is 4.27.